The van der Waals surface area contributed by atoms with Crippen molar-refractivity contribution in [1.82, 2.24) is 3.96 Å². The quantitative estimate of drug-likeness (QED) is 0.746. The second kappa shape index (κ2) is 7.43. The standard InChI is InChI=1S/C22H36N2O3S/c1-9-10-11-15-14-24(19(2,3)4)28-16(15)23-17(25)21(7)12-13-22(8,18(26)27)20(21,5)6/h14H,9-13H2,1-8H3,(H,26,27)/t21-,22+/m1/s1. The van der Waals surface area contributed by atoms with E-state index in [1.165, 1.54) is 11.5 Å². The van der Waals surface area contributed by atoms with Crippen LogP contribution >= 0.6 is 11.5 Å². The number of carbonyl (C=O) groups excluding carboxylic acids is 1. The second-order valence-electron chi connectivity index (χ2n) is 10.2. The molecule has 5 nitrogen and oxygen atoms in total. The average Bonchev–Trinajstić information content (AvgIpc) is 3.07. The third-order valence-electron chi connectivity index (χ3n) is 7.22. The molecule has 0 aromatic carbocycles. The van der Waals surface area contributed by atoms with Crippen molar-refractivity contribution in [2.24, 2.45) is 21.2 Å². The molecule has 6 heteroatoms. The largest absolute Gasteiger partial charge is 0.481 e. The van der Waals surface area contributed by atoms with Gasteiger partial charge in [0.1, 0.15) is 4.67 Å². The summed E-state index contributed by atoms with van der Waals surface area (Å²) >= 11 is 1.52. The lowest BCUT2D eigenvalue weighted by atomic mass is 9.59. The van der Waals surface area contributed by atoms with Gasteiger partial charge in [-0.15, -0.1) is 0 Å². The number of unbranched alkanes of at least 4 members (excludes halogenated alkanes) is 1. The van der Waals surface area contributed by atoms with Crippen LogP contribution in [0.15, 0.2) is 11.2 Å². The maximum Gasteiger partial charge on any atom is 0.309 e. The molecule has 1 N–H and O–H groups in total. The Kier molecular flexibility index (Phi) is 6.07. The van der Waals surface area contributed by atoms with Crippen LogP contribution in [-0.4, -0.2) is 20.9 Å². The number of amides is 1. The van der Waals surface area contributed by atoms with E-state index in [9.17, 15) is 14.7 Å². The summed E-state index contributed by atoms with van der Waals surface area (Å²) in [5, 5.41) is 9.80. The van der Waals surface area contributed by atoms with Gasteiger partial charge in [0.05, 0.1) is 10.8 Å². The molecule has 2 atom stereocenters. The maximum absolute atomic E-state index is 13.4. The monoisotopic (exact) mass is 408 g/mol. The van der Waals surface area contributed by atoms with Crippen molar-refractivity contribution in [3.63, 3.8) is 0 Å². The number of aromatic nitrogens is 1. The second-order valence-corrected chi connectivity index (χ2v) is 11.1. The molecular formula is C22H36N2O3S. The Morgan fingerprint density at radius 3 is 2.21 bits per heavy atom. The lowest BCUT2D eigenvalue weighted by Crippen LogP contribution is -2.48. The first-order valence-electron chi connectivity index (χ1n) is 10.3. The van der Waals surface area contributed by atoms with Crippen molar-refractivity contribution in [3.05, 3.63) is 16.4 Å². The van der Waals surface area contributed by atoms with E-state index < -0.39 is 22.2 Å². The van der Waals surface area contributed by atoms with Gasteiger partial charge in [0.15, 0.2) is 0 Å². The molecule has 0 unspecified atom stereocenters. The Labute approximate surface area is 173 Å². The number of rotatable bonds is 5. The highest BCUT2D eigenvalue weighted by molar-refractivity contribution is 7.04. The first kappa shape index (κ1) is 22.9. The molecule has 0 radical (unpaired) electrons. The highest BCUT2D eigenvalue weighted by Crippen LogP contribution is 2.63. The van der Waals surface area contributed by atoms with Crippen molar-refractivity contribution in [3.8, 4) is 0 Å². The fraction of sp³-hybridized carbons (Fsp3) is 0.773. The van der Waals surface area contributed by atoms with E-state index in [0.29, 0.717) is 12.8 Å². The SMILES string of the molecule is CCCCc1cn(C(C)(C)C)sc1=NC(=O)[C@@]1(C)CC[C@@](C)(C(=O)O)C1(C)C. The predicted octanol–water partition coefficient (Wildman–Crippen LogP) is 4.99. The summed E-state index contributed by atoms with van der Waals surface area (Å²) in [6.07, 6.45) is 6.19. The molecule has 0 bridgehead atoms. The number of carbonyl (C=O) groups is 2. The zero-order valence-corrected chi connectivity index (χ0v) is 19.5. The summed E-state index contributed by atoms with van der Waals surface area (Å²) < 4.78 is 2.93. The number of nitrogens with zero attached hydrogens (tertiary/aromatic N) is 2. The molecule has 1 aliphatic carbocycles. The minimum atomic E-state index is -0.932. The van der Waals surface area contributed by atoms with Crippen LogP contribution in [0.1, 0.15) is 86.6 Å². The van der Waals surface area contributed by atoms with Crippen LogP contribution in [-0.2, 0) is 21.5 Å². The van der Waals surface area contributed by atoms with Crippen LogP contribution in [0, 0.1) is 16.2 Å². The minimum Gasteiger partial charge on any atom is -0.481 e. The fourth-order valence-electron chi connectivity index (χ4n) is 4.03. The Hall–Kier alpha value is -1.43. The topological polar surface area (TPSA) is 71.7 Å². The van der Waals surface area contributed by atoms with E-state index in [1.54, 1.807) is 6.92 Å². The van der Waals surface area contributed by atoms with Gasteiger partial charge in [-0.1, -0.05) is 34.1 Å². The van der Waals surface area contributed by atoms with Crippen molar-refractivity contribution in [2.75, 3.05) is 0 Å². The van der Waals surface area contributed by atoms with Crippen LogP contribution in [0.3, 0.4) is 0 Å². The Bertz CT molecular complexity index is 828. The summed E-state index contributed by atoms with van der Waals surface area (Å²) in [5.74, 6) is -1.03. The van der Waals surface area contributed by atoms with E-state index in [1.807, 2.05) is 20.8 Å². The van der Waals surface area contributed by atoms with E-state index in [2.05, 4.69) is 42.8 Å². The lowest BCUT2D eigenvalue weighted by molar-refractivity contribution is -0.158. The third-order valence-corrected chi connectivity index (χ3v) is 8.60. The summed E-state index contributed by atoms with van der Waals surface area (Å²) in [4.78, 5) is 29.9. The normalized spacial score (nSPS) is 27.9. The van der Waals surface area contributed by atoms with E-state index in [0.717, 1.165) is 29.5 Å². The smallest absolute Gasteiger partial charge is 0.309 e. The zero-order chi connectivity index (χ0) is 21.5. The first-order valence-corrected chi connectivity index (χ1v) is 11.0. The lowest BCUT2D eigenvalue weighted by Gasteiger charge is -2.43. The number of carboxylic acid groups (broad SMARTS) is 1. The van der Waals surface area contributed by atoms with Crippen LogP contribution < -0.4 is 4.67 Å². The average molecular weight is 409 g/mol. The molecule has 0 aliphatic heterocycles. The number of hydrogen-bond acceptors (Lipinski definition) is 3. The van der Waals surface area contributed by atoms with Gasteiger partial charge < -0.3 is 5.11 Å². The number of aliphatic carboxylic acids is 1. The van der Waals surface area contributed by atoms with Gasteiger partial charge in [0.25, 0.3) is 5.91 Å². The van der Waals surface area contributed by atoms with Crippen molar-refractivity contribution in [1.29, 1.82) is 0 Å². The molecule has 1 aromatic heterocycles. The predicted molar refractivity (Wildman–Crippen MR) is 113 cm³/mol. The summed E-state index contributed by atoms with van der Waals surface area (Å²) in [5.41, 5.74) is -1.37. The van der Waals surface area contributed by atoms with Crippen molar-refractivity contribution < 1.29 is 14.7 Å². The summed E-state index contributed by atoms with van der Waals surface area (Å²) in [7, 11) is 0. The maximum atomic E-state index is 13.4. The zero-order valence-electron chi connectivity index (χ0n) is 18.7. The Balaban J connectivity index is 2.52. The van der Waals surface area contributed by atoms with E-state index in [-0.39, 0.29) is 11.4 Å². The molecule has 1 saturated carbocycles. The molecule has 0 spiro atoms. The van der Waals surface area contributed by atoms with Gasteiger partial charge in [-0.2, -0.15) is 0 Å². The molecule has 2 rings (SSSR count). The minimum absolute atomic E-state index is 0.0686. The van der Waals surface area contributed by atoms with Crippen LogP contribution in [0.2, 0.25) is 0 Å². The third kappa shape index (κ3) is 3.60. The molecule has 1 aliphatic rings. The van der Waals surface area contributed by atoms with Crippen LogP contribution in [0.25, 0.3) is 0 Å². The first-order chi connectivity index (χ1) is 12.7. The number of carboxylic acids is 1. The molecule has 1 aromatic rings. The van der Waals surface area contributed by atoms with Gasteiger partial charge in [-0.3, -0.25) is 13.5 Å². The molecule has 28 heavy (non-hydrogen) atoms. The highest BCUT2D eigenvalue weighted by atomic mass is 32.1. The molecular weight excluding hydrogens is 372 g/mol. The number of aryl methyl sites for hydroxylation is 1. The van der Waals surface area contributed by atoms with Gasteiger partial charge in [-0.25, -0.2) is 4.99 Å². The molecule has 1 heterocycles. The fourth-order valence-corrected chi connectivity index (χ4v) is 5.07. The van der Waals surface area contributed by atoms with Gasteiger partial charge in [0, 0.05) is 17.3 Å². The van der Waals surface area contributed by atoms with Crippen LogP contribution in [0.5, 0.6) is 0 Å². The van der Waals surface area contributed by atoms with E-state index >= 15 is 0 Å². The Morgan fingerprint density at radius 1 is 1.18 bits per heavy atom. The van der Waals surface area contributed by atoms with Gasteiger partial charge >= 0.3 is 5.97 Å². The summed E-state index contributed by atoms with van der Waals surface area (Å²) in [6, 6.07) is 0. The van der Waals surface area contributed by atoms with Gasteiger partial charge in [-0.05, 0) is 70.3 Å². The molecule has 0 saturated heterocycles. The van der Waals surface area contributed by atoms with Gasteiger partial charge in [0.2, 0.25) is 0 Å². The number of hydrogen-bond donors (Lipinski definition) is 1. The molecule has 158 valence electrons. The van der Waals surface area contributed by atoms with Crippen LogP contribution in [0.4, 0.5) is 0 Å². The van der Waals surface area contributed by atoms with Crippen molar-refractivity contribution in [2.45, 2.75) is 93.0 Å². The molecule has 1 amide bonds. The Morgan fingerprint density at radius 2 is 1.75 bits per heavy atom. The van der Waals surface area contributed by atoms with E-state index in [4.69, 9.17) is 0 Å². The van der Waals surface area contributed by atoms with Crippen molar-refractivity contribution >= 4 is 23.4 Å². The highest BCUT2D eigenvalue weighted by Gasteiger charge is 2.64. The molecule has 1 fully saturated rings. The summed E-state index contributed by atoms with van der Waals surface area (Å²) in [6.45, 7) is 16.0.